The van der Waals surface area contributed by atoms with E-state index in [1.165, 1.54) is 6.07 Å². The van der Waals surface area contributed by atoms with E-state index in [1.54, 1.807) is 24.4 Å². The van der Waals surface area contributed by atoms with Gasteiger partial charge in [-0.2, -0.15) is 0 Å². The molecule has 3 atom stereocenters. The normalized spacial score (nSPS) is 25.1. The fourth-order valence-electron chi connectivity index (χ4n) is 9.07. The number of halogens is 3. The highest BCUT2D eigenvalue weighted by Crippen LogP contribution is 2.44. The fourth-order valence-corrected chi connectivity index (χ4v) is 9.07. The van der Waals surface area contributed by atoms with Gasteiger partial charge >= 0.3 is 0 Å². The topological polar surface area (TPSA) is 83.2 Å². The van der Waals surface area contributed by atoms with Crippen LogP contribution in [0.4, 0.5) is 24.7 Å². The molecule has 10 heteroatoms. The van der Waals surface area contributed by atoms with E-state index in [0.29, 0.717) is 83.8 Å². The predicted octanol–water partition coefficient (Wildman–Crippen LogP) is 7.26. The van der Waals surface area contributed by atoms with E-state index >= 15 is 8.78 Å². The Morgan fingerprint density at radius 2 is 1.94 bits per heavy atom. The monoisotopic (exact) mass is 655 g/mol. The lowest BCUT2D eigenvalue weighted by atomic mass is 9.88. The Morgan fingerprint density at radius 1 is 1.04 bits per heavy atom. The van der Waals surface area contributed by atoms with Gasteiger partial charge in [0.25, 0.3) is 0 Å². The Morgan fingerprint density at radius 3 is 2.83 bits per heavy atom. The van der Waals surface area contributed by atoms with Crippen molar-refractivity contribution in [3.05, 3.63) is 65.8 Å². The molecular formula is C38H44F3N7. The SMILES string of the molecule is C=C1CCCc2c(F)ccc3cc(N)cc(c23)-c2ncc3c(nc(CC[C@@]45CCCN4CC(F)C5)nc3c2F)N2CCCC(CCN1)C2. The molecule has 7 heterocycles. The molecular weight excluding hydrogens is 611 g/mol. The lowest BCUT2D eigenvalue weighted by Crippen LogP contribution is -2.39. The van der Waals surface area contributed by atoms with E-state index in [9.17, 15) is 4.39 Å². The van der Waals surface area contributed by atoms with Gasteiger partial charge in [0, 0.05) is 61.3 Å². The van der Waals surface area contributed by atoms with Gasteiger partial charge in [-0.3, -0.25) is 9.88 Å². The van der Waals surface area contributed by atoms with Crippen molar-refractivity contribution in [2.75, 3.05) is 43.4 Å². The zero-order chi connectivity index (χ0) is 33.0. The first-order chi connectivity index (χ1) is 23.3. The summed E-state index contributed by atoms with van der Waals surface area (Å²) in [5.74, 6) is 0.817. The molecule has 6 bridgehead atoms. The van der Waals surface area contributed by atoms with Gasteiger partial charge in [-0.05, 0) is 111 Å². The first-order valence-corrected chi connectivity index (χ1v) is 17.7. The number of fused-ring (bicyclic) bond motifs is 8. The fraction of sp³-hybridized carbons (Fsp3) is 0.500. The van der Waals surface area contributed by atoms with Gasteiger partial charge in [0.1, 0.15) is 34.8 Å². The summed E-state index contributed by atoms with van der Waals surface area (Å²) in [6, 6.07) is 6.65. The van der Waals surface area contributed by atoms with Gasteiger partial charge in [0.05, 0.1) is 5.39 Å². The second-order valence-electron chi connectivity index (χ2n) is 14.5. The summed E-state index contributed by atoms with van der Waals surface area (Å²) in [5.41, 5.74) is 8.86. The van der Waals surface area contributed by atoms with Crippen LogP contribution in [0.3, 0.4) is 0 Å². The van der Waals surface area contributed by atoms with E-state index < -0.39 is 12.0 Å². The number of pyridine rings is 1. The number of aryl methyl sites for hydroxylation is 2. The number of allylic oxidation sites excluding steroid dienone is 1. The third kappa shape index (κ3) is 5.65. The van der Waals surface area contributed by atoms with Gasteiger partial charge < -0.3 is 16.0 Å². The lowest BCUT2D eigenvalue weighted by Gasteiger charge is -2.35. The van der Waals surface area contributed by atoms with Crippen LogP contribution in [0.1, 0.15) is 69.2 Å². The van der Waals surface area contributed by atoms with Crippen molar-refractivity contribution in [2.24, 2.45) is 5.92 Å². The molecule has 0 amide bonds. The zero-order valence-electron chi connectivity index (χ0n) is 27.5. The summed E-state index contributed by atoms with van der Waals surface area (Å²) in [5, 5.41) is 5.43. The summed E-state index contributed by atoms with van der Waals surface area (Å²) in [4.78, 5) is 19.3. The minimum Gasteiger partial charge on any atom is -0.399 e. The smallest absolute Gasteiger partial charge is 0.175 e. The summed E-state index contributed by atoms with van der Waals surface area (Å²) in [6.07, 6.45) is 9.66. The quantitative estimate of drug-likeness (QED) is 0.225. The number of rotatable bonds is 3. The molecule has 3 saturated heterocycles. The molecule has 3 fully saturated rings. The lowest BCUT2D eigenvalue weighted by molar-refractivity contribution is 0.181. The average molecular weight is 656 g/mol. The van der Waals surface area contributed by atoms with Crippen molar-refractivity contribution in [1.29, 1.82) is 0 Å². The highest BCUT2D eigenvalue weighted by Gasteiger charge is 2.48. The van der Waals surface area contributed by atoms with E-state index in [0.717, 1.165) is 75.8 Å². The van der Waals surface area contributed by atoms with E-state index in [2.05, 4.69) is 21.7 Å². The molecule has 2 aromatic carbocycles. The van der Waals surface area contributed by atoms with Gasteiger partial charge in [-0.15, -0.1) is 0 Å². The molecule has 0 aliphatic carbocycles. The van der Waals surface area contributed by atoms with Gasteiger partial charge in [-0.1, -0.05) is 12.6 Å². The van der Waals surface area contributed by atoms with E-state index in [-0.39, 0.29) is 22.6 Å². The molecule has 0 saturated carbocycles. The largest absolute Gasteiger partial charge is 0.399 e. The Kier molecular flexibility index (Phi) is 8.17. The number of nitrogens with zero attached hydrogens (tertiary/aromatic N) is 5. The summed E-state index contributed by atoms with van der Waals surface area (Å²) < 4.78 is 47.3. The molecule has 7 nitrogen and oxygen atoms in total. The van der Waals surface area contributed by atoms with E-state index in [4.69, 9.17) is 20.7 Å². The van der Waals surface area contributed by atoms with Crippen LogP contribution < -0.4 is 16.0 Å². The minimum absolute atomic E-state index is 0.0996. The highest BCUT2D eigenvalue weighted by atomic mass is 19.1. The van der Waals surface area contributed by atoms with Crippen LogP contribution in [0.2, 0.25) is 0 Å². The summed E-state index contributed by atoms with van der Waals surface area (Å²) >= 11 is 0. The maximum Gasteiger partial charge on any atom is 0.175 e. The molecule has 5 aliphatic heterocycles. The number of nitrogens with two attached hydrogens (primary N) is 1. The Hall–Kier alpha value is -3.92. The van der Waals surface area contributed by atoms with Crippen LogP contribution in [0.25, 0.3) is 32.9 Å². The number of hydrogen-bond acceptors (Lipinski definition) is 7. The summed E-state index contributed by atoms with van der Waals surface area (Å²) in [6.45, 7) is 8.09. The molecule has 9 rings (SSSR count). The number of aromatic nitrogens is 3. The van der Waals surface area contributed by atoms with Crippen molar-refractivity contribution in [3.8, 4) is 11.3 Å². The third-order valence-electron chi connectivity index (χ3n) is 11.4. The van der Waals surface area contributed by atoms with Crippen LogP contribution in [0, 0.1) is 17.6 Å². The van der Waals surface area contributed by atoms with Gasteiger partial charge in [0.2, 0.25) is 0 Å². The Bertz CT molecular complexity index is 1900. The molecule has 2 unspecified atom stereocenters. The van der Waals surface area contributed by atoms with Crippen molar-refractivity contribution >= 4 is 33.2 Å². The number of alkyl halides is 1. The molecule has 5 aliphatic rings. The third-order valence-corrected chi connectivity index (χ3v) is 11.4. The molecule has 4 aromatic rings. The zero-order valence-corrected chi connectivity index (χ0v) is 27.5. The first kappa shape index (κ1) is 31.4. The minimum atomic E-state index is -0.815. The highest BCUT2D eigenvalue weighted by molar-refractivity contribution is 6.02. The van der Waals surface area contributed by atoms with Crippen molar-refractivity contribution in [3.63, 3.8) is 0 Å². The van der Waals surface area contributed by atoms with Crippen LogP contribution in [0.15, 0.2) is 42.7 Å². The molecule has 2 aromatic heterocycles. The van der Waals surface area contributed by atoms with Crippen LogP contribution in [-0.2, 0) is 12.8 Å². The molecule has 48 heavy (non-hydrogen) atoms. The van der Waals surface area contributed by atoms with Crippen LogP contribution in [0.5, 0.6) is 0 Å². The van der Waals surface area contributed by atoms with Crippen molar-refractivity contribution in [2.45, 2.75) is 82.3 Å². The standard InChI is InChI=1S/C38H44F3N7/c1-23-5-2-7-28-31(40)9-8-25-17-27(42)18-29(33(25)28)35-34(41)36-30(20-44-35)37(47-15-3-6-24(21-47)11-14-43-23)46-32(45-36)10-13-38-12-4-16-48(38)22-26(39)19-38/h8-9,17-18,20,24,26,43H,1-7,10-16,19,21-22,42H2/t24?,26?,38-/m1/s1. The number of nitrogen functional groups attached to an aromatic ring is 1. The maximum atomic E-state index is 17.1. The summed E-state index contributed by atoms with van der Waals surface area (Å²) in [7, 11) is 0. The number of hydrogen-bond donors (Lipinski definition) is 2. The number of anilines is 2. The number of benzene rings is 2. The van der Waals surface area contributed by atoms with Gasteiger partial charge in [-0.25, -0.2) is 23.1 Å². The van der Waals surface area contributed by atoms with Crippen molar-refractivity contribution < 1.29 is 13.2 Å². The second-order valence-corrected chi connectivity index (χ2v) is 14.5. The second kappa shape index (κ2) is 12.5. The van der Waals surface area contributed by atoms with Crippen LogP contribution >= 0.6 is 0 Å². The van der Waals surface area contributed by atoms with Crippen molar-refractivity contribution in [1.82, 2.24) is 25.2 Å². The van der Waals surface area contributed by atoms with Gasteiger partial charge in [0.15, 0.2) is 5.82 Å². The molecule has 0 spiro atoms. The number of piperidine rings is 1. The predicted molar refractivity (Wildman–Crippen MR) is 186 cm³/mol. The van der Waals surface area contributed by atoms with Crippen LogP contribution in [-0.4, -0.2) is 64.3 Å². The van der Waals surface area contributed by atoms with E-state index in [1.807, 2.05) is 0 Å². The molecule has 0 radical (unpaired) electrons. The molecule has 3 N–H and O–H groups in total. The molecule has 252 valence electrons. The Labute approximate surface area is 279 Å². The number of nitrogens with one attached hydrogen (secondary N) is 1. The first-order valence-electron chi connectivity index (χ1n) is 17.7. The average Bonchev–Trinajstić information content (AvgIpc) is 3.60. The maximum absolute atomic E-state index is 17.1. The Balaban J connectivity index is 1.29.